The molecule has 4 heteroatoms. The molecule has 26 heavy (non-hydrogen) atoms. The molecule has 0 saturated carbocycles. The second kappa shape index (κ2) is 9.18. The molecule has 0 radical (unpaired) electrons. The highest BCUT2D eigenvalue weighted by atomic mass is 16.2. The molecular formula is C22H28N2O2. The van der Waals surface area contributed by atoms with Crippen molar-refractivity contribution in [3.05, 3.63) is 58.7 Å². The van der Waals surface area contributed by atoms with Gasteiger partial charge in [0, 0.05) is 24.2 Å². The van der Waals surface area contributed by atoms with Gasteiger partial charge in [-0.25, -0.2) is 0 Å². The van der Waals surface area contributed by atoms with Gasteiger partial charge in [-0.2, -0.15) is 0 Å². The Morgan fingerprint density at radius 1 is 0.654 bits per heavy atom. The highest BCUT2D eigenvalue weighted by Gasteiger charge is 2.09. The maximum absolute atomic E-state index is 12.1. The SMILES string of the molecule is Cc1cccc(C)c1NC(=O)CCCCC(=O)Nc1c(C)cccc1C. The molecule has 0 fully saturated rings. The monoisotopic (exact) mass is 352 g/mol. The molecule has 0 aliphatic heterocycles. The predicted octanol–water partition coefficient (Wildman–Crippen LogP) is 5.06. The van der Waals surface area contributed by atoms with E-state index in [1.807, 2.05) is 64.1 Å². The van der Waals surface area contributed by atoms with Gasteiger partial charge in [0.25, 0.3) is 0 Å². The minimum atomic E-state index is -0.00226. The summed E-state index contributed by atoms with van der Waals surface area (Å²) in [6, 6.07) is 11.9. The van der Waals surface area contributed by atoms with Gasteiger partial charge in [-0.05, 0) is 62.8 Å². The molecule has 2 amide bonds. The fourth-order valence-corrected chi connectivity index (χ4v) is 3.00. The van der Waals surface area contributed by atoms with Crippen LogP contribution in [0.1, 0.15) is 47.9 Å². The summed E-state index contributed by atoms with van der Waals surface area (Å²) in [5.41, 5.74) is 6.03. The maximum Gasteiger partial charge on any atom is 0.224 e. The molecule has 2 N–H and O–H groups in total. The van der Waals surface area contributed by atoms with E-state index in [1.165, 1.54) is 0 Å². The van der Waals surface area contributed by atoms with Gasteiger partial charge >= 0.3 is 0 Å². The topological polar surface area (TPSA) is 58.2 Å². The first-order valence-corrected chi connectivity index (χ1v) is 9.10. The van der Waals surface area contributed by atoms with E-state index in [-0.39, 0.29) is 11.8 Å². The van der Waals surface area contributed by atoms with Crippen LogP contribution < -0.4 is 10.6 Å². The van der Waals surface area contributed by atoms with Crippen LogP contribution in [0.25, 0.3) is 0 Å². The van der Waals surface area contributed by atoms with Crippen LogP contribution >= 0.6 is 0 Å². The quantitative estimate of drug-likeness (QED) is 0.684. The van der Waals surface area contributed by atoms with E-state index in [0.717, 1.165) is 33.6 Å². The summed E-state index contributed by atoms with van der Waals surface area (Å²) in [6.07, 6.45) is 2.22. The van der Waals surface area contributed by atoms with Crippen LogP contribution in [0.4, 0.5) is 11.4 Å². The fraction of sp³-hybridized carbons (Fsp3) is 0.364. The number of benzene rings is 2. The molecule has 0 aliphatic rings. The lowest BCUT2D eigenvalue weighted by atomic mass is 10.1. The van der Waals surface area contributed by atoms with Crippen molar-refractivity contribution in [1.82, 2.24) is 0 Å². The third-order valence-corrected chi connectivity index (χ3v) is 4.55. The summed E-state index contributed by atoms with van der Waals surface area (Å²) in [7, 11) is 0. The first-order valence-electron chi connectivity index (χ1n) is 9.10. The Morgan fingerprint density at radius 3 is 1.27 bits per heavy atom. The van der Waals surface area contributed by atoms with E-state index in [4.69, 9.17) is 0 Å². The van der Waals surface area contributed by atoms with Crippen molar-refractivity contribution in [1.29, 1.82) is 0 Å². The third kappa shape index (κ3) is 5.45. The lowest BCUT2D eigenvalue weighted by molar-refractivity contribution is -0.118. The van der Waals surface area contributed by atoms with Crippen molar-refractivity contribution < 1.29 is 9.59 Å². The van der Waals surface area contributed by atoms with Crippen LogP contribution in [0.15, 0.2) is 36.4 Å². The number of unbranched alkanes of at least 4 members (excludes halogenated alkanes) is 1. The molecule has 0 heterocycles. The smallest absolute Gasteiger partial charge is 0.224 e. The van der Waals surface area contributed by atoms with E-state index in [0.29, 0.717) is 25.7 Å². The van der Waals surface area contributed by atoms with Gasteiger partial charge in [-0.15, -0.1) is 0 Å². The molecule has 4 nitrogen and oxygen atoms in total. The molecule has 0 saturated heterocycles. The molecule has 0 aromatic heterocycles. The summed E-state index contributed by atoms with van der Waals surface area (Å²) < 4.78 is 0. The normalized spacial score (nSPS) is 10.5. The molecular weight excluding hydrogens is 324 g/mol. The number of para-hydroxylation sites is 2. The van der Waals surface area contributed by atoms with E-state index < -0.39 is 0 Å². The second-order valence-corrected chi connectivity index (χ2v) is 6.84. The van der Waals surface area contributed by atoms with E-state index in [9.17, 15) is 9.59 Å². The number of aryl methyl sites for hydroxylation is 4. The Kier molecular flexibility index (Phi) is 6.96. The van der Waals surface area contributed by atoms with Crippen molar-refractivity contribution in [3.63, 3.8) is 0 Å². The molecule has 2 aromatic rings. The Labute approximate surface area is 156 Å². The first kappa shape index (κ1) is 19.7. The lowest BCUT2D eigenvalue weighted by Crippen LogP contribution is -2.15. The molecule has 2 aromatic carbocycles. The van der Waals surface area contributed by atoms with Crippen LogP contribution in [-0.4, -0.2) is 11.8 Å². The summed E-state index contributed by atoms with van der Waals surface area (Å²) in [5.74, 6) is -0.00453. The van der Waals surface area contributed by atoms with Crippen molar-refractivity contribution in [2.75, 3.05) is 10.6 Å². The summed E-state index contributed by atoms with van der Waals surface area (Å²) in [4.78, 5) is 24.3. The summed E-state index contributed by atoms with van der Waals surface area (Å²) >= 11 is 0. The zero-order valence-corrected chi connectivity index (χ0v) is 16.1. The van der Waals surface area contributed by atoms with Crippen molar-refractivity contribution in [2.45, 2.75) is 53.4 Å². The minimum Gasteiger partial charge on any atom is -0.326 e. The Bertz CT molecular complexity index is 689. The maximum atomic E-state index is 12.1. The molecule has 138 valence electrons. The van der Waals surface area contributed by atoms with Gasteiger partial charge in [0.2, 0.25) is 11.8 Å². The number of hydrogen-bond acceptors (Lipinski definition) is 2. The standard InChI is InChI=1S/C22H28N2O2/c1-15-9-7-10-16(2)21(15)23-19(25)13-5-6-14-20(26)24-22-17(3)11-8-12-18(22)4/h7-12H,5-6,13-14H2,1-4H3,(H,23,25)(H,24,26). The number of carbonyl (C=O) groups excluding carboxylic acids is 2. The van der Waals surface area contributed by atoms with Gasteiger partial charge < -0.3 is 10.6 Å². The van der Waals surface area contributed by atoms with Gasteiger partial charge in [0.1, 0.15) is 0 Å². The highest BCUT2D eigenvalue weighted by molar-refractivity contribution is 5.93. The first-order chi connectivity index (χ1) is 12.4. The Balaban J connectivity index is 1.74. The summed E-state index contributed by atoms with van der Waals surface area (Å²) in [5, 5.41) is 5.96. The lowest BCUT2D eigenvalue weighted by Gasteiger charge is -2.12. The van der Waals surface area contributed by atoms with Gasteiger partial charge in [-0.1, -0.05) is 36.4 Å². The van der Waals surface area contributed by atoms with E-state index in [1.54, 1.807) is 0 Å². The zero-order chi connectivity index (χ0) is 19.1. The van der Waals surface area contributed by atoms with Crippen molar-refractivity contribution in [2.24, 2.45) is 0 Å². The van der Waals surface area contributed by atoms with Gasteiger partial charge in [0.05, 0.1) is 0 Å². The largest absolute Gasteiger partial charge is 0.326 e. The van der Waals surface area contributed by atoms with Crippen molar-refractivity contribution >= 4 is 23.2 Å². The molecule has 0 spiro atoms. The number of hydrogen-bond donors (Lipinski definition) is 2. The van der Waals surface area contributed by atoms with E-state index in [2.05, 4.69) is 10.6 Å². The molecule has 0 aliphatic carbocycles. The van der Waals surface area contributed by atoms with Crippen LogP contribution in [0.5, 0.6) is 0 Å². The molecule has 2 rings (SSSR count). The number of carbonyl (C=O) groups is 2. The highest BCUT2D eigenvalue weighted by Crippen LogP contribution is 2.21. The zero-order valence-electron chi connectivity index (χ0n) is 16.1. The Morgan fingerprint density at radius 2 is 0.962 bits per heavy atom. The molecule has 0 atom stereocenters. The number of nitrogens with one attached hydrogen (secondary N) is 2. The van der Waals surface area contributed by atoms with Crippen LogP contribution in [0.3, 0.4) is 0 Å². The number of anilines is 2. The van der Waals surface area contributed by atoms with E-state index >= 15 is 0 Å². The van der Waals surface area contributed by atoms with Crippen molar-refractivity contribution in [3.8, 4) is 0 Å². The Hall–Kier alpha value is -2.62. The average Bonchev–Trinajstić information content (AvgIpc) is 2.58. The minimum absolute atomic E-state index is 0.00226. The molecule has 0 bridgehead atoms. The molecule has 0 unspecified atom stereocenters. The second-order valence-electron chi connectivity index (χ2n) is 6.84. The third-order valence-electron chi connectivity index (χ3n) is 4.55. The summed E-state index contributed by atoms with van der Waals surface area (Å²) in [6.45, 7) is 7.95. The average molecular weight is 352 g/mol. The fourth-order valence-electron chi connectivity index (χ4n) is 3.00. The predicted molar refractivity (Wildman–Crippen MR) is 108 cm³/mol. The van der Waals surface area contributed by atoms with Crippen LogP contribution in [0.2, 0.25) is 0 Å². The van der Waals surface area contributed by atoms with Crippen LogP contribution in [-0.2, 0) is 9.59 Å². The van der Waals surface area contributed by atoms with Gasteiger partial charge in [0.15, 0.2) is 0 Å². The number of rotatable bonds is 7. The van der Waals surface area contributed by atoms with Crippen LogP contribution in [0, 0.1) is 27.7 Å². The number of amides is 2. The van der Waals surface area contributed by atoms with Gasteiger partial charge in [-0.3, -0.25) is 9.59 Å².